The molecule has 1 unspecified atom stereocenters. The molecule has 2 fully saturated rings. The van der Waals surface area contributed by atoms with Gasteiger partial charge in [0, 0.05) is 30.7 Å². The molecule has 138 valence electrons. The van der Waals surface area contributed by atoms with Crippen LogP contribution in [0.5, 0.6) is 0 Å². The molecule has 1 aromatic carbocycles. The molecule has 2 aliphatic rings. The van der Waals surface area contributed by atoms with Gasteiger partial charge in [-0.05, 0) is 57.2 Å². The highest BCUT2D eigenvalue weighted by molar-refractivity contribution is 5.80. The summed E-state index contributed by atoms with van der Waals surface area (Å²) in [5.74, 6) is 0.835. The van der Waals surface area contributed by atoms with Crippen molar-refractivity contribution < 1.29 is 5.11 Å². The van der Waals surface area contributed by atoms with E-state index in [1.54, 1.807) is 0 Å². The van der Waals surface area contributed by atoms with Crippen molar-refractivity contribution in [1.29, 1.82) is 0 Å². The number of benzene rings is 1. The number of hydrogen-bond donors (Lipinski definition) is 3. The fourth-order valence-electron chi connectivity index (χ4n) is 3.36. The zero-order valence-electron chi connectivity index (χ0n) is 15.6. The maximum Gasteiger partial charge on any atom is 0.191 e. The Balaban J connectivity index is 1.65. The van der Waals surface area contributed by atoms with Gasteiger partial charge in [0.15, 0.2) is 5.96 Å². The number of rotatable bonds is 7. The van der Waals surface area contributed by atoms with Gasteiger partial charge in [-0.25, -0.2) is 0 Å². The number of nitrogens with zero attached hydrogens (tertiary/aromatic N) is 2. The standard InChI is InChI=1S/C20H32N4O/c1-3-21-19(22-14-20(15-25)9-10-20)23-16(2)17-7-6-8-18(13-17)24-11-4-5-12-24/h6-8,13,16,25H,3-5,9-12,14-15H2,1-2H3,(H2,21,22,23). The molecule has 0 radical (unpaired) electrons. The van der Waals surface area contributed by atoms with Crippen molar-refractivity contribution >= 4 is 11.6 Å². The van der Waals surface area contributed by atoms with E-state index in [2.05, 4.69) is 53.6 Å². The molecule has 3 rings (SSSR count). The number of aliphatic hydroxyl groups excluding tert-OH is 1. The third-order valence-electron chi connectivity index (χ3n) is 5.40. The van der Waals surface area contributed by atoms with E-state index in [0.29, 0.717) is 6.54 Å². The molecule has 0 amide bonds. The quantitative estimate of drug-likeness (QED) is 0.526. The molecule has 1 aromatic rings. The fraction of sp³-hybridized carbons (Fsp3) is 0.650. The summed E-state index contributed by atoms with van der Waals surface area (Å²) in [6, 6.07) is 9.01. The summed E-state index contributed by atoms with van der Waals surface area (Å²) < 4.78 is 0. The lowest BCUT2D eigenvalue weighted by Crippen LogP contribution is -2.39. The average Bonchev–Trinajstić information content (AvgIpc) is 3.21. The van der Waals surface area contributed by atoms with Crippen LogP contribution in [0.15, 0.2) is 29.3 Å². The maximum atomic E-state index is 9.48. The topological polar surface area (TPSA) is 59.9 Å². The van der Waals surface area contributed by atoms with Crippen LogP contribution in [0.4, 0.5) is 5.69 Å². The predicted molar refractivity (Wildman–Crippen MR) is 104 cm³/mol. The molecule has 25 heavy (non-hydrogen) atoms. The summed E-state index contributed by atoms with van der Waals surface area (Å²) in [7, 11) is 0. The van der Waals surface area contributed by atoms with Gasteiger partial charge in [0.2, 0.25) is 0 Å². The van der Waals surface area contributed by atoms with Crippen LogP contribution in [0.1, 0.15) is 51.1 Å². The zero-order chi connectivity index (χ0) is 17.7. The Kier molecular flexibility index (Phi) is 5.84. The first-order valence-electron chi connectivity index (χ1n) is 9.66. The summed E-state index contributed by atoms with van der Waals surface area (Å²) in [5.41, 5.74) is 2.64. The number of guanidine groups is 1. The van der Waals surface area contributed by atoms with Gasteiger partial charge in [0.25, 0.3) is 0 Å². The molecule has 1 aliphatic carbocycles. The molecule has 1 saturated heterocycles. The monoisotopic (exact) mass is 344 g/mol. The minimum absolute atomic E-state index is 0.0429. The van der Waals surface area contributed by atoms with Crippen molar-refractivity contribution in [3.8, 4) is 0 Å². The summed E-state index contributed by atoms with van der Waals surface area (Å²) in [4.78, 5) is 7.17. The highest BCUT2D eigenvalue weighted by Crippen LogP contribution is 2.45. The van der Waals surface area contributed by atoms with Gasteiger partial charge < -0.3 is 20.6 Å². The van der Waals surface area contributed by atoms with Crippen molar-refractivity contribution in [2.75, 3.05) is 37.7 Å². The second-order valence-corrected chi connectivity index (χ2v) is 7.51. The molecule has 0 bridgehead atoms. The van der Waals surface area contributed by atoms with Gasteiger partial charge in [-0.3, -0.25) is 4.99 Å². The molecule has 1 saturated carbocycles. The van der Waals surface area contributed by atoms with Crippen LogP contribution in [0, 0.1) is 5.41 Å². The fourth-order valence-corrected chi connectivity index (χ4v) is 3.36. The van der Waals surface area contributed by atoms with Gasteiger partial charge in [0.1, 0.15) is 0 Å². The van der Waals surface area contributed by atoms with E-state index in [1.807, 2.05) is 0 Å². The molecule has 1 atom stereocenters. The van der Waals surface area contributed by atoms with Crippen molar-refractivity contribution in [1.82, 2.24) is 10.6 Å². The van der Waals surface area contributed by atoms with Crippen molar-refractivity contribution in [2.45, 2.75) is 45.6 Å². The smallest absolute Gasteiger partial charge is 0.191 e. The SMILES string of the molecule is CCNC(=NCC1(CO)CC1)NC(C)c1cccc(N2CCCC2)c1. The number of aliphatic imine (C=N–C) groups is 1. The molecule has 0 aromatic heterocycles. The molecule has 1 aliphatic heterocycles. The van der Waals surface area contributed by atoms with Gasteiger partial charge >= 0.3 is 0 Å². The largest absolute Gasteiger partial charge is 0.396 e. The van der Waals surface area contributed by atoms with Crippen LogP contribution in [-0.2, 0) is 0 Å². The first-order valence-corrected chi connectivity index (χ1v) is 9.66. The lowest BCUT2D eigenvalue weighted by molar-refractivity contribution is 0.217. The molecular formula is C20H32N4O. The predicted octanol–water partition coefficient (Wildman–Crippen LogP) is 2.68. The zero-order valence-corrected chi connectivity index (χ0v) is 15.6. The Bertz CT molecular complexity index is 591. The molecule has 5 heteroatoms. The third-order valence-corrected chi connectivity index (χ3v) is 5.40. The Morgan fingerprint density at radius 3 is 2.72 bits per heavy atom. The van der Waals surface area contributed by atoms with Crippen LogP contribution in [0.3, 0.4) is 0 Å². The van der Waals surface area contributed by atoms with Crippen molar-refractivity contribution in [3.05, 3.63) is 29.8 Å². The summed E-state index contributed by atoms with van der Waals surface area (Å²) >= 11 is 0. The Morgan fingerprint density at radius 1 is 1.32 bits per heavy atom. The van der Waals surface area contributed by atoms with Gasteiger partial charge in [0.05, 0.1) is 19.2 Å². The van der Waals surface area contributed by atoms with Crippen molar-refractivity contribution in [3.63, 3.8) is 0 Å². The van der Waals surface area contributed by atoms with Crippen LogP contribution in [0.2, 0.25) is 0 Å². The minimum Gasteiger partial charge on any atom is -0.396 e. The highest BCUT2D eigenvalue weighted by Gasteiger charge is 2.41. The lowest BCUT2D eigenvalue weighted by atomic mass is 10.1. The van der Waals surface area contributed by atoms with E-state index >= 15 is 0 Å². The van der Waals surface area contributed by atoms with Gasteiger partial charge in [-0.1, -0.05) is 12.1 Å². The first kappa shape index (κ1) is 18.1. The lowest BCUT2D eigenvalue weighted by Gasteiger charge is -2.22. The van der Waals surface area contributed by atoms with E-state index in [1.165, 1.54) is 37.2 Å². The van der Waals surface area contributed by atoms with Crippen LogP contribution in [-0.4, -0.2) is 43.9 Å². The van der Waals surface area contributed by atoms with Gasteiger partial charge in [-0.2, -0.15) is 0 Å². The summed E-state index contributed by atoms with van der Waals surface area (Å²) in [6.45, 7) is 8.35. The summed E-state index contributed by atoms with van der Waals surface area (Å²) in [5, 5.41) is 16.3. The average molecular weight is 345 g/mol. The number of aliphatic hydroxyl groups is 1. The second-order valence-electron chi connectivity index (χ2n) is 7.51. The highest BCUT2D eigenvalue weighted by atomic mass is 16.3. The molecule has 3 N–H and O–H groups in total. The summed E-state index contributed by atoms with van der Waals surface area (Å²) in [6.07, 6.45) is 4.75. The normalized spacial score (nSPS) is 20.4. The molecule has 0 spiro atoms. The first-order chi connectivity index (χ1) is 12.2. The van der Waals surface area contributed by atoms with E-state index in [0.717, 1.165) is 25.3 Å². The Hall–Kier alpha value is -1.75. The molecular weight excluding hydrogens is 312 g/mol. The van der Waals surface area contributed by atoms with Crippen LogP contribution in [0.25, 0.3) is 0 Å². The van der Waals surface area contributed by atoms with E-state index in [-0.39, 0.29) is 18.1 Å². The van der Waals surface area contributed by atoms with Gasteiger partial charge in [-0.15, -0.1) is 0 Å². The Labute approximate surface area is 151 Å². The Morgan fingerprint density at radius 2 is 2.08 bits per heavy atom. The second kappa shape index (κ2) is 8.09. The number of anilines is 1. The molecule has 5 nitrogen and oxygen atoms in total. The third kappa shape index (κ3) is 4.66. The van der Waals surface area contributed by atoms with Crippen molar-refractivity contribution in [2.24, 2.45) is 10.4 Å². The number of nitrogens with one attached hydrogen (secondary N) is 2. The molecule has 1 heterocycles. The number of hydrogen-bond acceptors (Lipinski definition) is 3. The minimum atomic E-state index is 0.0429. The maximum absolute atomic E-state index is 9.48. The van der Waals surface area contributed by atoms with E-state index in [4.69, 9.17) is 4.99 Å². The van der Waals surface area contributed by atoms with E-state index < -0.39 is 0 Å². The van der Waals surface area contributed by atoms with Crippen LogP contribution >= 0.6 is 0 Å². The van der Waals surface area contributed by atoms with Crippen LogP contribution < -0.4 is 15.5 Å². The van der Waals surface area contributed by atoms with E-state index in [9.17, 15) is 5.11 Å².